The molecule has 2 fully saturated rings. The van der Waals surface area contributed by atoms with Crippen molar-refractivity contribution < 1.29 is 8.85 Å². The first-order valence-electron chi connectivity index (χ1n) is 8.05. The van der Waals surface area contributed by atoms with Crippen molar-refractivity contribution in [1.29, 1.82) is 0 Å². The summed E-state index contributed by atoms with van der Waals surface area (Å²) in [5.74, 6) is 0.789. The zero-order valence-corrected chi connectivity index (χ0v) is 14.5. The zero-order chi connectivity index (χ0) is 14.1. The minimum Gasteiger partial charge on any atom is -0.397 e. The van der Waals surface area contributed by atoms with Gasteiger partial charge in [0.05, 0.1) is 0 Å². The summed E-state index contributed by atoms with van der Waals surface area (Å²) in [5, 5.41) is 0. The predicted molar refractivity (Wildman–Crippen MR) is 82.5 cm³/mol. The van der Waals surface area contributed by atoms with Crippen molar-refractivity contribution >= 4 is 8.56 Å². The molecule has 0 saturated heterocycles. The third-order valence-electron chi connectivity index (χ3n) is 5.79. The van der Waals surface area contributed by atoms with Crippen molar-refractivity contribution in [3.05, 3.63) is 0 Å². The molecular weight excluding hydrogens is 252 g/mol. The standard InChI is InChI=1S/C16H32O2Si/c1-13-8-6-10-15(13)19(17-4,18-5)14-9-7-11-16(2,3)12-14/h13-15H,6-12H2,1-5H3. The first-order valence-corrected chi connectivity index (χ1v) is 10.0. The van der Waals surface area contributed by atoms with Gasteiger partial charge in [-0.05, 0) is 37.0 Å². The van der Waals surface area contributed by atoms with E-state index in [9.17, 15) is 0 Å². The van der Waals surface area contributed by atoms with E-state index in [-0.39, 0.29) is 0 Å². The van der Waals surface area contributed by atoms with E-state index in [1.165, 1.54) is 44.9 Å². The molecule has 2 rings (SSSR count). The number of hydrogen-bond acceptors (Lipinski definition) is 2. The Labute approximate surface area is 120 Å². The Morgan fingerprint density at radius 2 is 1.68 bits per heavy atom. The van der Waals surface area contributed by atoms with E-state index in [0.717, 1.165) is 5.92 Å². The van der Waals surface area contributed by atoms with Crippen LogP contribution in [0.5, 0.6) is 0 Å². The number of rotatable bonds is 4. The highest BCUT2D eigenvalue weighted by atomic mass is 28.4. The van der Waals surface area contributed by atoms with Crippen LogP contribution in [-0.4, -0.2) is 22.8 Å². The lowest BCUT2D eigenvalue weighted by atomic mass is 9.77. The summed E-state index contributed by atoms with van der Waals surface area (Å²) in [5.41, 5.74) is 1.87. The van der Waals surface area contributed by atoms with Crippen LogP contribution in [0.25, 0.3) is 0 Å². The normalized spacial score (nSPS) is 35.5. The van der Waals surface area contributed by atoms with Gasteiger partial charge in [-0.1, -0.05) is 40.0 Å². The van der Waals surface area contributed by atoms with E-state index in [2.05, 4.69) is 20.8 Å². The molecule has 19 heavy (non-hydrogen) atoms. The van der Waals surface area contributed by atoms with Gasteiger partial charge in [0.15, 0.2) is 0 Å². The maximum Gasteiger partial charge on any atom is 0.344 e. The molecule has 2 saturated carbocycles. The molecule has 2 nitrogen and oxygen atoms in total. The summed E-state index contributed by atoms with van der Waals surface area (Å²) in [6.45, 7) is 7.24. The Balaban J connectivity index is 2.23. The smallest absolute Gasteiger partial charge is 0.344 e. The van der Waals surface area contributed by atoms with E-state index in [4.69, 9.17) is 8.85 Å². The van der Waals surface area contributed by atoms with Crippen LogP contribution in [0.4, 0.5) is 0 Å². The molecule has 2 aliphatic rings. The van der Waals surface area contributed by atoms with Crippen molar-refractivity contribution in [2.45, 2.75) is 76.8 Å². The average Bonchev–Trinajstić information content (AvgIpc) is 2.78. The van der Waals surface area contributed by atoms with Crippen molar-refractivity contribution in [3.63, 3.8) is 0 Å². The molecule has 3 unspecified atom stereocenters. The second-order valence-corrected chi connectivity index (χ2v) is 11.4. The molecule has 112 valence electrons. The van der Waals surface area contributed by atoms with Gasteiger partial charge >= 0.3 is 8.56 Å². The van der Waals surface area contributed by atoms with E-state index < -0.39 is 8.56 Å². The summed E-state index contributed by atoms with van der Waals surface area (Å²) in [6, 6.07) is 0. The maximum absolute atomic E-state index is 6.19. The zero-order valence-electron chi connectivity index (χ0n) is 13.5. The molecule has 0 amide bonds. The van der Waals surface area contributed by atoms with Crippen molar-refractivity contribution in [3.8, 4) is 0 Å². The lowest BCUT2D eigenvalue weighted by Gasteiger charge is -2.46. The van der Waals surface area contributed by atoms with Crippen LogP contribution in [0, 0.1) is 11.3 Å². The molecule has 3 heteroatoms. The van der Waals surface area contributed by atoms with Gasteiger partial charge in [-0.2, -0.15) is 0 Å². The van der Waals surface area contributed by atoms with Crippen LogP contribution in [0.15, 0.2) is 0 Å². The third kappa shape index (κ3) is 2.93. The lowest BCUT2D eigenvalue weighted by molar-refractivity contribution is 0.163. The monoisotopic (exact) mass is 284 g/mol. The quantitative estimate of drug-likeness (QED) is 0.685. The van der Waals surface area contributed by atoms with E-state index in [1.54, 1.807) is 0 Å². The fraction of sp³-hybridized carbons (Fsp3) is 1.00. The first-order chi connectivity index (χ1) is 8.95. The van der Waals surface area contributed by atoms with Gasteiger partial charge in [0, 0.05) is 25.3 Å². The summed E-state index contributed by atoms with van der Waals surface area (Å²) >= 11 is 0. The summed E-state index contributed by atoms with van der Waals surface area (Å²) in [7, 11) is 1.78. The molecule has 0 spiro atoms. The van der Waals surface area contributed by atoms with E-state index in [0.29, 0.717) is 16.5 Å². The van der Waals surface area contributed by atoms with Gasteiger partial charge in [-0.15, -0.1) is 0 Å². The highest BCUT2D eigenvalue weighted by molar-refractivity contribution is 6.70. The molecule has 0 heterocycles. The fourth-order valence-electron chi connectivity index (χ4n) is 4.81. The molecule has 2 aliphatic carbocycles. The molecule has 0 aromatic carbocycles. The summed E-state index contributed by atoms with van der Waals surface area (Å²) < 4.78 is 12.4. The van der Waals surface area contributed by atoms with Crippen LogP contribution >= 0.6 is 0 Å². The Bertz CT molecular complexity index is 299. The molecular formula is C16H32O2Si. The van der Waals surface area contributed by atoms with Crippen LogP contribution < -0.4 is 0 Å². The second-order valence-electron chi connectivity index (χ2n) is 7.60. The van der Waals surface area contributed by atoms with Crippen LogP contribution in [0.1, 0.15) is 65.7 Å². The van der Waals surface area contributed by atoms with Gasteiger partial charge in [0.2, 0.25) is 0 Å². The van der Waals surface area contributed by atoms with Gasteiger partial charge in [-0.25, -0.2) is 0 Å². The van der Waals surface area contributed by atoms with Crippen LogP contribution in [-0.2, 0) is 8.85 Å². The third-order valence-corrected chi connectivity index (χ3v) is 10.6. The molecule has 0 aromatic rings. The van der Waals surface area contributed by atoms with Crippen molar-refractivity contribution in [2.24, 2.45) is 11.3 Å². The molecule has 0 aliphatic heterocycles. The SMILES string of the molecule is CO[Si](OC)(C1CCCC(C)(C)C1)C1CCCC1C. The van der Waals surface area contributed by atoms with Crippen molar-refractivity contribution in [2.75, 3.05) is 14.2 Å². The van der Waals surface area contributed by atoms with Gasteiger partial charge in [0.1, 0.15) is 0 Å². The fourth-order valence-corrected chi connectivity index (χ4v) is 9.86. The Morgan fingerprint density at radius 3 is 2.16 bits per heavy atom. The van der Waals surface area contributed by atoms with Gasteiger partial charge in [-0.3, -0.25) is 0 Å². The first kappa shape index (κ1) is 15.5. The second kappa shape index (κ2) is 5.86. The largest absolute Gasteiger partial charge is 0.397 e. The summed E-state index contributed by atoms with van der Waals surface area (Å²) in [6.07, 6.45) is 9.38. The Hall–Kier alpha value is 0.137. The number of hydrogen-bond donors (Lipinski definition) is 0. The van der Waals surface area contributed by atoms with E-state index >= 15 is 0 Å². The van der Waals surface area contributed by atoms with Crippen molar-refractivity contribution in [1.82, 2.24) is 0 Å². The minimum atomic E-state index is -2.06. The van der Waals surface area contributed by atoms with E-state index in [1.807, 2.05) is 14.2 Å². The summed E-state index contributed by atoms with van der Waals surface area (Å²) in [4.78, 5) is 0. The predicted octanol–water partition coefficient (Wildman–Crippen LogP) is 4.88. The Kier molecular flexibility index (Phi) is 4.79. The van der Waals surface area contributed by atoms with Crippen LogP contribution in [0.3, 0.4) is 0 Å². The highest BCUT2D eigenvalue weighted by Gasteiger charge is 2.55. The van der Waals surface area contributed by atoms with Gasteiger partial charge < -0.3 is 8.85 Å². The molecule has 3 atom stereocenters. The minimum absolute atomic E-state index is 0.472. The highest BCUT2D eigenvalue weighted by Crippen LogP contribution is 2.54. The maximum atomic E-state index is 6.19. The Morgan fingerprint density at radius 1 is 1.00 bits per heavy atom. The molecule has 0 radical (unpaired) electrons. The van der Waals surface area contributed by atoms with Gasteiger partial charge in [0.25, 0.3) is 0 Å². The molecule has 0 N–H and O–H groups in total. The molecule has 0 aromatic heterocycles. The topological polar surface area (TPSA) is 18.5 Å². The average molecular weight is 285 g/mol. The molecule has 0 bridgehead atoms. The van der Waals surface area contributed by atoms with Crippen LogP contribution in [0.2, 0.25) is 11.1 Å². The lowest BCUT2D eigenvalue weighted by Crippen LogP contribution is -2.52.